The summed E-state index contributed by atoms with van der Waals surface area (Å²) in [7, 11) is 0. The Morgan fingerprint density at radius 3 is 2.46 bits per heavy atom. The van der Waals surface area contributed by atoms with Crippen molar-refractivity contribution in [3.05, 3.63) is 29.8 Å². The van der Waals surface area contributed by atoms with E-state index in [4.69, 9.17) is 20.9 Å². The first-order valence-electron chi connectivity index (χ1n) is 9.71. The highest BCUT2D eigenvalue weighted by Gasteiger charge is 2.20. The third-order valence-corrected chi connectivity index (χ3v) is 4.87. The minimum absolute atomic E-state index is 0.0864. The van der Waals surface area contributed by atoms with E-state index in [9.17, 15) is 14.7 Å². The standard InChI is InChI=1S/C20H31N3O5/c21-19(25)6-3-17(24)14-16(20(22)26)13-15-1-4-18(5-2-15)28-12-9-23-7-10-27-11-8-23/h1-2,4-5,16-17,24H,3,6-14H2,(H2,21,25)(H2,22,26). The zero-order valence-corrected chi connectivity index (χ0v) is 16.2. The largest absolute Gasteiger partial charge is 0.492 e. The van der Waals surface area contributed by atoms with E-state index in [2.05, 4.69) is 4.90 Å². The maximum absolute atomic E-state index is 11.7. The summed E-state index contributed by atoms with van der Waals surface area (Å²) in [5, 5.41) is 10.00. The predicted octanol–water partition coefficient (Wildman–Crippen LogP) is 0.0581. The second kappa shape index (κ2) is 11.6. The summed E-state index contributed by atoms with van der Waals surface area (Å²) >= 11 is 0. The van der Waals surface area contributed by atoms with Crippen LogP contribution in [0.5, 0.6) is 5.75 Å². The Bertz CT molecular complexity index is 617. The quantitative estimate of drug-likeness (QED) is 0.461. The normalized spacial score (nSPS) is 17.0. The van der Waals surface area contributed by atoms with Crippen molar-refractivity contribution in [2.24, 2.45) is 17.4 Å². The van der Waals surface area contributed by atoms with Gasteiger partial charge in [-0.05, 0) is 37.0 Å². The van der Waals surface area contributed by atoms with E-state index < -0.39 is 23.8 Å². The minimum Gasteiger partial charge on any atom is -0.492 e. The van der Waals surface area contributed by atoms with Crippen LogP contribution < -0.4 is 16.2 Å². The molecule has 1 heterocycles. The maximum atomic E-state index is 11.7. The molecule has 1 aromatic rings. The van der Waals surface area contributed by atoms with Crippen LogP contribution in [-0.4, -0.2) is 67.4 Å². The molecule has 156 valence electrons. The molecule has 2 unspecified atom stereocenters. The van der Waals surface area contributed by atoms with E-state index in [0.29, 0.717) is 13.0 Å². The summed E-state index contributed by atoms with van der Waals surface area (Å²) in [6.45, 7) is 4.87. The first-order chi connectivity index (χ1) is 13.4. The molecule has 1 fully saturated rings. The predicted molar refractivity (Wildman–Crippen MR) is 105 cm³/mol. The molecule has 2 atom stereocenters. The van der Waals surface area contributed by atoms with Crippen molar-refractivity contribution in [2.45, 2.75) is 31.8 Å². The molecule has 2 rings (SSSR count). The number of morpholine rings is 1. The monoisotopic (exact) mass is 393 g/mol. The lowest BCUT2D eigenvalue weighted by Crippen LogP contribution is -2.38. The van der Waals surface area contributed by atoms with Crippen LogP contribution in [0.1, 0.15) is 24.8 Å². The van der Waals surface area contributed by atoms with Gasteiger partial charge in [0.25, 0.3) is 0 Å². The zero-order chi connectivity index (χ0) is 20.4. The Morgan fingerprint density at radius 1 is 1.18 bits per heavy atom. The number of nitrogens with two attached hydrogens (primary N) is 2. The first-order valence-corrected chi connectivity index (χ1v) is 9.71. The van der Waals surface area contributed by atoms with Gasteiger partial charge in [-0.2, -0.15) is 0 Å². The number of hydrogen-bond donors (Lipinski definition) is 3. The van der Waals surface area contributed by atoms with Crippen molar-refractivity contribution in [2.75, 3.05) is 39.5 Å². The summed E-state index contributed by atoms with van der Waals surface area (Å²) in [4.78, 5) is 24.8. The zero-order valence-electron chi connectivity index (χ0n) is 16.2. The first kappa shape index (κ1) is 22.1. The summed E-state index contributed by atoms with van der Waals surface area (Å²) in [6.07, 6.45) is 0.170. The van der Waals surface area contributed by atoms with Gasteiger partial charge in [0.05, 0.1) is 19.3 Å². The van der Waals surface area contributed by atoms with Crippen LogP contribution in [0.25, 0.3) is 0 Å². The van der Waals surface area contributed by atoms with Crippen LogP contribution in [0.2, 0.25) is 0 Å². The number of rotatable bonds is 12. The number of amides is 2. The number of aliphatic hydroxyl groups is 1. The fraction of sp³-hybridized carbons (Fsp3) is 0.600. The molecule has 8 nitrogen and oxygen atoms in total. The molecule has 1 aliphatic heterocycles. The van der Waals surface area contributed by atoms with Gasteiger partial charge in [-0.15, -0.1) is 0 Å². The summed E-state index contributed by atoms with van der Waals surface area (Å²) in [5.74, 6) is -0.673. The van der Waals surface area contributed by atoms with E-state index in [1.165, 1.54) is 0 Å². The molecule has 2 amide bonds. The third kappa shape index (κ3) is 8.24. The van der Waals surface area contributed by atoms with Crippen molar-refractivity contribution >= 4 is 11.8 Å². The molecule has 8 heteroatoms. The molecule has 1 aliphatic rings. The molecule has 28 heavy (non-hydrogen) atoms. The van der Waals surface area contributed by atoms with Crippen molar-refractivity contribution in [1.82, 2.24) is 4.90 Å². The fourth-order valence-corrected chi connectivity index (χ4v) is 3.18. The van der Waals surface area contributed by atoms with Crippen molar-refractivity contribution in [1.29, 1.82) is 0 Å². The number of aliphatic hydroxyl groups excluding tert-OH is 1. The second-order valence-corrected chi connectivity index (χ2v) is 7.14. The van der Waals surface area contributed by atoms with Gasteiger partial charge < -0.3 is 26.0 Å². The van der Waals surface area contributed by atoms with Crippen LogP contribution in [0.3, 0.4) is 0 Å². The summed E-state index contributed by atoms with van der Waals surface area (Å²) in [6, 6.07) is 7.54. The van der Waals surface area contributed by atoms with E-state index >= 15 is 0 Å². The molecule has 1 saturated heterocycles. The molecular formula is C20H31N3O5. The van der Waals surface area contributed by atoms with Gasteiger partial charge in [0.2, 0.25) is 11.8 Å². The Morgan fingerprint density at radius 2 is 1.86 bits per heavy atom. The topological polar surface area (TPSA) is 128 Å². The molecular weight excluding hydrogens is 362 g/mol. The molecule has 0 spiro atoms. The van der Waals surface area contributed by atoms with Gasteiger partial charge in [-0.25, -0.2) is 0 Å². The summed E-state index contributed by atoms with van der Waals surface area (Å²) < 4.78 is 11.1. The lowest BCUT2D eigenvalue weighted by atomic mass is 9.91. The van der Waals surface area contributed by atoms with Crippen molar-refractivity contribution in [3.63, 3.8) is 0 Å². The smallest absolute Gasteiger partial charge is 0.220 e. The average Bonchev–Trinajstić information content (AvgIpc) is 2.68. The van der Waals surface area contributed by atoms with Gasteiger partial charge in [-0.1, -0.05) is 12.1 Å². The van der Waals surface area contributed by atoms with Crippen LogP contribution in [0, 0.1) is 5.92 Å². The highest BCUT2D eigenvalue weighted by molar-refractivity contribution is 5.77. The van der Waals surface area contributed by atoms with Crippen molar-refractivity contribution < 1.29 is 24.2 Å². The molecule has 0 aromatic heterocycles. The molecule has 0 saturated carbocycles. The van der Waals surface area contributed by atoms with Gasteiger partial charge in [0, 0.05) is 32.0 Å². The average molecular weight is 393 g/mol. The van der Waals surface area contributed by atoms with Gasteiger partial charge in [-0.3, -0.25) is 14.5 Å². The SMILES string of the molecule is NC(=O)CCC(O)CC(Cc1ccc(OCCN2CCOCC2)cc1)C(N)=O. The number of primary amides is 2. The lowest BCUT2D eigenvalue weighted by molar-refractivity contribution is -0.122. The van der Waals surface area contributed by atoms with Gasteiger partial charge in [0.15, 0.2) is 0 Å². The van der Waals surface area contributed by atoms with Gasteiger partial charge in [0.1, 0.15) is 12.4 Å². The van der Waals surface area contributed by atoms with Crippen molar-refractivity contribution in [3.8, 4) is 5.75 Å². The number of benzene rings is 1. The Kier molecular flexibility index (Phi) is 9.19. The molecule has 0 aliphatic carbocycles. The molecule has 0 bridgehead atoms. The number of carbonyl (C=O) groups excluding carboxylic acids is 2. The fourth-order valence-electron chi connectivity index (χ4n) is 3.18. The number of carbonyl (C=O) groups is 2. The number of nitrogens with zero attached hydrogens (tertiary/aromatic N) is 1. The number of ether oxygens (including phenoxy) is 2. The van der Waals surface area contributed by atoms with E-state index in [1.54, 1.807) is 0 Å². The van der Waals surface area contributed by atoms with E-state index in [0.717, 1.165) is 44.2 Å². The van der Waals surface area contributed by atoms with Crippen LogP contribution in [0.15, 0.2) is 24.3 Å². The lowest BCUT2D eigenvalue weighted by Gasteiger charge is -2.26. The van der Waals surface area contributed by atoms with E-state index in [1.807, 2.05) is 24.3 Å². The van der Waals surface area contributed by atoms with Gasteiger partial charge >= 0.3 is 0 Å². The highest BCUT2D eigenvalue weighted by atomic mass is 16.5. The maximum Gasteiger partial charge on any atom is 0.220 e. The summed E-state index contributed by atoms with van der Waals surface area (Å²) in [5.41, 5.74) is 11.5. The Hall–Kier alpha value is -2.16. The highest BCUT2D eigenvalue weighted by Crippen LogP contribution is 2.19. The van der Waals surface area contributed by atoms with E-state index in [-0.39, 0.29) is 19.3 Å². The molecule has 1 aromatic carbocycles. The molecule has 5 N–H and O–H groups in total. The third-order valence-electron chi connectivity index (χ3n) is 4.87. The van der Waals surface area contributed by atoms with Crippen LogP contribution >= 0.6 is 0 Å². The van der Waals surface area contributed by atoms with Crippen LogP contribution in [-0.2, 0) is 20.7 Å². The second-order valence-electron chi connectivity index (χ2n) is 7.14. The number of hydrogen-bond acceptors (Lipinski definition) is 6. The van der Waals surface area contributed by atoms with Crippen LogP contribution in [0.4, 0.5) is 0 Å². The molecule has 0 radical (unpaired) electrons. The Balaban J connectivity index is 1.78. The Labute approximate surface area is 165 Å². The minimum atomic E-state index is -0.784.